The van der Waals surface area contributed by atoms with Crippen molar-refractivity contribution in [2.75, 3.05) is 25.1 Å². The van der Waals surface area contributed by atoms with E-state index in [0.29, 0.717) is 0 Å². The van der Waals surface area contributed by atoms with E-state index in [1.165, 1.54) is 12.7 Å². The Bertz CT molecular complexity index is 756. The SMILES string of the molecule is CCc1c[nH]c2ncnc(N3CCCC4(CC4C(=O)OC)C3)c12. The second kappa shape index (κ2) is 5.22. The average molecular weight is 314 g/mol. The van der Waals surface area contributed by atoms with Crippen LogP contribution in [-0.2, 0) is 16.0 Å². The topological polar surface area (TPSA) is 71.1 Å². The summed E-state index contributed by atoms with van der Waals surface area (Å²) >= 11 is 0. The largest absolute Gasteiger partial charge is 0.469 e. The van der Waals surface area contributed by atoms with Crippen molar-refractivity contribution in [3.63, 3.8) is 0 Å². The smallest absolute Gasteiger partial charge is 0.309 e. The molecule has 1 aliphatic heterocycles. The van der Waals surface area contributed by atoms with E-state index in [1.807, 2.05) is 6.20 Å². The van der Waals surface area contributed by atoms with E-state index in [1.54, 1.807) is 6.33 Å². The molecule has 2 fully saturated rings. The lowest BCUT2D eigenvalue weighted by Crippen LogP contribution is -2.38. The van der Waals surface area contributed by atoms with Gasteiger partial charge < -0.3 is 14.6 Å². The number of anilines is 1. The fourth-order valence-corrected chi connectivity index (χ4v) is 4.14. The monoisotopic (exact) mass is 314 g/mol. The van der Waals surface area contributed by atoms with Crippen LogP contribution in [0.4, 0.5) is 5.82 Å². The van der Waals surface area contributed by atoms with Crippen molar-refractivity contribution in [1.82, 2.24) is 15.0 Å². The van der Waals surface area contributed by atoms with Crippen molar-refractivity contribution >= 4 is 22.8 Å². The number of carbonyl (C=O) groups is 1. The van der Waals surface area contributed by atoms with E-state index in [0.717, 1.165) is 55.6 Å². The first-order valence-corrected chi connectivity index (χ1v) is 8.32. The van der Waals surface area contributed by atoms with Crippen LogP contribution in [0.15, 0.2) is 12.5 Å². The van der Waals surface area contributed by atoms with E-state index in [9.17, 15) is 4.79 Å². The van der Waals surface area contributed by atoms with Crippen molar-refractivity contribution < 1.29 is 9.53 Å². The number of aromatic amines is 1. The Labute approximate surface area is 135 Å². The lowest BCUT2D eigenvalue weighted by atomic mass is 9.92. The highest BCUT2D eigenvalue weighted by molar-refractivity contribution is 5.91. The van der Waals surface area contributed by atoms with Crippen LogP contribution in [-0.4, -0.2) is 41.1 Å². The van der Waals surface area contributed by atoms with Gasteiger partial charge in [-0.15, -0.1) is 0 Å². The minimum atomic E-state index is -0.0597. The number of fused-ring (bicyclic) bond motifs is 1. The summed E-state index contributed by atoms with van der Waals surface area (Å²) in [6.45, 7) is 4.01. The summed E-state index contributed by atoms with van der Waals surface area (Å²) in [6, 6.07) is 0. The van der Waals surface area contributed by atoms with Gasteiger partial charge in [-0.2, -0.15) is 0 Å². The van der Waals surface area contributed by atoms with Gasteiger partial charge in [0.15, 0.2) is 0 Å². The van der Waals surface area contributed by atoms with Gasteiger partial charge in [-0.25, -0.2) is 9.97 Å². The lowest BCUT2D eigenvalue weighted by Gasteiger charge is -2.34. The molecule has 0 amide bonds. The van der Waals surface area contributed by atoms with E-state index in [4.69, 9.17) is 4.74 Å². The van der Waals surface area contributed by atoms with Crippen LogP contribution in [0.2, 0.25) is 0 Å². The molecule has 1 N–H and O–H groups in total. The van der Waals surface area contributed by atoms with Crippen molar-refractivity contribution in [3.8, 4) is 0 Å². The van der Waals surface area contributed by atoms with Crippen LogP contribution in [0.3, 0.4) is 0 Å². The second-order valence-electron chi connectivity index (χ2n) is 6.76. The van der Waals surface area contributed by atoms with Crippen LogP contribution in [0.5, 0.6) is 0 Å². The van der Waals surface area contributed by atoms with Gasteiger partial charge in [0, 0.05) is 24.7 Å². The zero-order valence-corrected chi connectivity index (χ0v) is 13.6. The van der Waals surface area contributed by atoms with Crippen molar-refractivity contribution in [2.45, 2.75) is 32.6 Å². The van der Waals surface area contributed by atoms with E-state index in [2.05, 4.69) is 26.8 Å². The number of aryl methyl sites for hydroxylation is 1. The Morgan fingerprint density at radius 2 is 2.39 bits per heavy atom. The Kier molecular flexibility index (Phi) is 3.28. The molecule has 2 aliphatic rings. The number of nitrogens with zero attached hydrogens (tertiary/aromatic N) is 3. The number of carbonyl (C=O) groups excluding carboxylic acids is 1. The van der Waals surface area contributed by atoms with Gasteiger partial charge in [0.1, 0.15) is 17.8 Å². The molecule has 4 rings (SSSR count). The van der Waals surface area contributed by atoms with E-state index >= 15 is 0 Å². The Hall–Kier alpha value is -2.11. The maximum atomic E-state index is 11.9. The summed E-state index contributed by atoms with van der Waals surface area (Å²) in [4.78, 5) is 26.4. The zero-order chi connectivity index (χ0) is 16.0. The van der Waals surface area contributed by atoms with Gasteiger partial charge in [0.2, 0.25) is 0 Å². The highest BCUT2D eigenvalue weighted by atomic mass is 16.5. The molecule has 6 nitrogen and oxygen atoms in total. The molecule has 1 spiro atoms. The molecule has 2 aromatic heterocycles. The van der Waals surface area contributed by atoms with Gasteiger partial charge in [0.25, 0.3) is 0 Å². The molecule has 6 heteroatoms. The summed E-state index contributed by atoms with van der Waals surface area (Å²) in [5.74, 6) is 1.00. The Morgan fingerprint density at radius 3 is 3.17 bits per heavy atom. The number of piperidine rings is 1. The van der Waals surface area contributed by atoms with Crippen LogP contribution < -0.4 is 4.90 Å². The number of esters is 1. The van der Waals surface area contributed by atoms with Crippen LogP contribution >= 0.6 is 0 Å². The first-order chi connectivity index (χ1) is 11.2. The third-order valence-electron chi connectivity index (χ3n) is 5.50. The van der Waals surface area contributed by atoms with Crippen molar-refractivity contribution in [2.24, 2.45) is 11.3 Å². The number of aromatic nitrogens is 3. The normalized spacial score (nSPS) is 26.7. The fourth-order valence-electron chi connectivity index (χ4n) is 4.14. The molecule has 2 aromatic rings. The molecule has 1 aliphatic carbocycles. The fraction of sp³-hybridized carbons (Fsp3) is 0.588. The summed E-state index contributed by atoms with van der Waals surface area (Å²) < 4.78 is 4.95. The molecule has 1 saturated heterocycles. The third-order valence-corrected chi connectivity index (χ3v) is 5.50. The van der Waals surface area contributed by atoms with E-state index < -0.39 is 0 Å². The molecular formula is C17H22N4O2. The minimum absolute atomic E-state index is 0.0597. The molecule has 2 unspecified atom stereocenters. The van der Waals surface area contributed by atoms with Gasteiger partial charge in [-0.3, -0.25) is 4.79 Å². The predicted octanol–water partition coefficient (Wildman–Crippen LogP) is 2.30. The first-order valence-electron chi connectivity index (χ1n) is 8.32. The van der Waals surface area contributed by atoms with Gasteiger partial charge in [-0.05, 0) is 31.2 Å². The number of methoxy groups -OCH3 is 1. The van der Waals surface area contributed by atoms with Gasteiger partial charge in [0.05, 0.1) is 18.4 Å². The quantitative estimate of drug-likeness (QED) is 0.880. The lowest BCUT2D eigenvalue weighted by molar-refractivity contribution is -0.143. The van der Waals surface area contributed by atoms with Gasteiger partial charge in [-0.1, -0.05) is 6.92 Å². The molecule has 2 atom stereocenters. The Balaban J connectivity index is 1.66. The molecule has 122 valence electrons. The highest BCUT2D eigenvalue weighted by Gasteiger charge is 2.60. The molecular weight excluding hydrogens is 292 g/mol. The number of ether oxygens (including phenoxy) is 1. The summed E-state index contributed by atoms with van der Waals surface area (Å²) in [5.41, 5.74) is 2.23. The first kappa shape index (κ1) is 14.5. The van der Waals surface area contributed by atoms with Crippen molar-refractivity contribution in [1.29, 1.82) is 0 Å². The second-order valence-corrected chi connectivity index (χ2v) is 6.76. The molecule has 3 heterocycles. The van der Waals surface area contributed by atoms with Gasteiger partial charge >= 0.3 is 5.97 Å². The number of rotatable bonds is 3. The Morgan fingerprint density at radius 1 is 1.52 bits per heavy atom. The predicted molar refractivity (Wildman–Crippen MR) is 87.3 cm³/mol. The zero-order valence-electron chi connectivity index (χ0n) is 13.6. The number of H-pyrrole nitrogens is 1. The molecule has 1 saturated carbocycles. The third kappa shape index (κ3) is 2.19. The highest BCUT2D eigenvalue weighted by Crippen LogP contribution is 2.58. The summed E-state index contributed by atoms with van der Waals surface area (Å²) in [6.07, 6.45) is 7.73. The number of hydrogen-bond donors (Lipinski definition) is 1. The molecule has 0 radical (unpaired) electrons. The number of hydrogen-bond acceptors (Lipinski definition) is 5. The maximum Gasteiger partial charge on any atom is 0.309 e. The average Bonchev–Trinajstić information content (AvgIpc) is 3.09. The van der Waals surface area contributed by atoms with Crippen LogP contribution in [0, 0.1) is 11.3 Å². The molecule has 0 bridgehead atoms. The van der Waals surface area contributed by atoms with E-state index in [-0.39, 0.29) is 17.3 Å². The maximum absolute atomic E-state index is 11.9. The van der Waals surface area contributed by atoms with Crippen LogP contribution in [0.1, 0.15) is 31.7 Å². The summed E-state index contributed by atoms with van der Waals surface area (Å²) in [7, 11) is 1.48. The minimum Gasteiger partial charge on any atom is -0.469 e. The summed E-state index contributed by atoms with van der Waals surface area (Å²) in [5, 5.41) is 1.13. The molecule has 23 heavy (non-hydrogen) atoms. The number of nitrogens with one attached hydrogen (secondary N) is 1. The van der Waals surface area contributed by atoms with Crippen LogP contribution in [0.25, 0.3) is 11.0 Å². The standard InChI is InChI=1S/C17H22N4O2/c1-3-11-8-18-14-13(11)15(20-10-19-14)21-6-4-5-17(9-21)7-12(17)16(22)23-2/h8,10,12H,3-7,9H2,1-2H3,(H,18,19,20). The molecule has 0 aromatic carbocycles. The van der Waals surface area contributed by atoms with Crippen molar-refractivity contribution in [3.05, 3.63) is 18.1 Å².